The summed E-state index contributed by atoms with van der Waals surface area (Å²) in [5.41, 5.74) is 0. The molecule has 0 aliphatic heterocycles. The Hall–Kier alpha value is -1.10. The fraction of sp³-hybridized carbons (Fsp3) is 0.818. The molecule has 3 N–H and O–H groups in total. The van der Waals surface area contributed by atoms with Crippen LogP contribution in [0.25, 0.3) is 0 Å². The minimum absolute atomic E-state index is 0.111. The van der Waals surface area contributed by atoms with E-state index >= 15 is 0 Å². The fourth-order valence-electron chi connectivity index (χ4n) is 1.79. The predicted molar refractivity (Wildman–Crippen MR) is 57.9 cm³/mol. The van der Waals surface area contributed by atoms with Gasteiger partial charge >= 0.3 is 5.97 Å². The lowest BCUT2D eigenvalue weighted by molar-refractivity contribution is -0.140. The molecule has 0 bridgehead atoms. The fourth-order valence-corrected chi connectivity index (χ4v) is 1.79. The summed E-state index contributed by atoms with van der Waals surface area (Å²) in [4.78, 5) is 22.2. The summed E-state index contributed by atoms with van der Waals surface area (Å²) in [5, 5.41) is 14.7. The van der Waals surface area contributed by atoms with Gasteiger partial charge < -0.3 is 15.7 Å². The third kappa shape index (κ3) is 3.20. The van der Waals surface area contributed by atoms with Gasteiger partial charge in [-0.3, -0.25) is 9.59 Å². The van der Waals surface area contributed by atoms with Crippen molar-refractivity contribution in [1.29, 1.82) is 0 Å². The molecule has 16 heavy (non-hydrogen) atoms. The summed E-state index contributed by atoms with van der Waals surface area (Å²) < 4.78 is 0. The smallest absolute Gasteiger partial charge is 0.320 e. The Morgan fingerprint density at radius 1 is 1.19 bits per heavy atom. The maximum absolute atomic E-state index is 11.3. The molecule has 0 saturated heterocycles. The van der Waals surface area contributed by atoms with Crippen LogP contribution in [0.1, 0.15) is 25.7 Å². The number of carboxylic acids is 1. The van der Waals surface area contributed by atoms with Crippen LogP contribution < -0.4 is 10.6 Å². The first kappa shape index (κ1) is 11.4. The average molecular weight is 226 g/mol. The Kier molecular flexibility index (Phi) is 3.43. The SMILES string of the molecule is O=C(NCCNC(C(=O)O)C1CC1)C1CC1. The summed E-state index contributed by atoms with van der Waals surface area (Å²) in [6, 6.07) is -0.433. The Balaban J connectivity index is 1.58. The van der Waals surface area contributed by atoms with Gasteiger partial charge in [-0.15, -0.1) is 0 Å². The molecule has 0 heterocycles. The lowest BCUT2D eigenvalue weighted by Crippen LogP contribution is -2.42. The summed E-state index contributed by atoms with van der Waals surface area (Å²) in [7, 11) is 0. The first-order valence-corrected chi connectivity index (χ1v) is 5.92. The highest BCUT2D eigenvalue weighted by Crippen LogP contribution is 2.32. The van der Waals surface area contributed by atoms with Gasteiger partial charge in [0, 0.05) is 19.0 Å². The molecule has 2 rings (SSSR count). The van der Waals surface area contributed by atoms with Gasteiger partial charge in [-0.05, 0) is 31.6 Å². The van der Waals surface area contributed by atoms with Crippen molar-refractivity contribution in [1.82, 2.24) is 10.6 Å². The van der Waals surface area contributed by atoms with Crippen LogP contribution in [0.3, 0.4) is 0 Å². The topological polar surface area (TPSA) is 78.4 Å². The number of aliphatic carboxylic acids is 1. The maximum atomic E-state index is 11.3. The van der Waals surface area contributed by atoms with Crippen molar-refractivity contribution in [2.24, 2.45) is 11.8 Å². The Bertz CT molecular complexity index is 285. The number of carboxylic acid groups (broad SMARTS) is 1. The van der Waals surface area contributed by atoms with Crippen molar-refractivity contribution in [3.8, 4) is 0 Å². The molecule has 2 saturated carbocycles. The van der Waals surface area contributed by atoms with Crippen molar-refractivity contribution >= 4 is 11.9 Å². The van der Waals surface area contributed by atoms with Gasteiger partial charge in [-0.2, -0.15) is 0 Å². The second kappa shape index (κ2) is 4.82. The van der Waals surface area contributed by atoms with Crippen LogP contribution in [0.4, 0.5) is 0 Å². The summed E-state index contributed by atoms with van der Waals surface area (Å²) in [6.07, 6.45) is 4.00. The summed E-state index contributed by atoms with van der Waals surface area (Å²) >= 11 is 0. The zero-order valence-corrected chi connectivity index (χ0v) is 9.24. The minimum atomic E-state index is -0.781. The first-order chi connectivity index (χ1) is 7.68. The van der Waals surface area contributed by atoms with Crippen LogP contribution in [0.2, 0.25) is 0 Å². The number of amides is 1. The Morgan fingerprint density at radius 3 is 2.38 bits per heavy atom. The van der Waals surface area contributed by atoms with Crippen LogP contribution >= 0.6 is 0 Å². The molecule has 0 spiro atoms. The van der Waals surface area contributed by atoms with E-state index in [1.165, 1.54) is 0 Å². The van der Waals surface area contributed by atoms with Crippen molar-refractivity contribution in [3.05, 3.63) is 0 Å². The summed E-state index contributed by atoms with van der Waals surface area (Å²) in [5.74, 6) is -0.161. The monoisotopic (exact) mass is 226 g/mol. The largest absolute Gasteiger partial charge is 0.480 e. The van der Waals surface area contributed by atoms with E-state index in [4.69, 9.17) is 5.11 Å². The molecular formula is C11H18N2O3. The molecule has 5 nitrogen and oxygen atoms in total. The van der Waals surface area contributed by atoms with Gasteiger partial charge in [0.15, 0.2) is 0 Å². The molecule has 0 aromatic heterocycles. The van der Waals surface area contributed by atoms with E-state index < -0.39 is 12.0 Å². The van der Waals surface area contributed by atoms with E-state index in [1.807, 2.05) is 0 Å². The van der Waals surface area contributed by atoms with Crippen LogP contribution in [-0.4, -0.2) is 36.1 Å². The number of hydrogen-bond acceptors (Lipinski definition) is 3. The molecule has 0 aromatic carbocycles. The molecule has 1 unspecified atom stereocenters. The predicted octanol–water partition coefficient (Wildman–Crippen LogP) is -0.0346. The van der Waals surface area contributed by atoms with E-state index in [0.29, 0.717) is 13.1 Å². The van der Waals surface area contributed by atoms with Gasteiger partial charge in [0.1, 0.15) is 6.04 Å². The van der Waals surface area contributed by atoms with E-state index in [1.54, 1.807) is 0 Å². The lowest BCUT2D eigenvalue weighted by Gasteiger charge is -2.13. The van der Waals surface area contributed by atoms with Crippen molar-refractivity contribution in [2.75, 3.05) is 13.1 Å². The molecule has 2 aliphatic rings. The standard InChI is InChI=1S/C11H18N2O3/c14-10(8-3-4-8)13-6-5-12-9(11(15)16)7-1-2-7/h7-9,12H,1-6H2,(H,13,14)(H,15,16). The van der Waals surface area contributed by atoms with Crippen LogP contribution in [-0.2, 0) is 9.59 Å². The average Bonchev–Trinajstić information content (AvgIpc) is 3.08. The van der Waals surface area contributed by atoms with Gasteiger partial charge in [0.05, 0.1) is 0 Å². The zero-order valence-electron chi connectivity index (χ0n) is 9.24. The van der Waals surface area contributed by atoms with Gasteiger partial charge in [0.25, 0.3) is 0 Å². The van der Waals surface area contributed by atoms with E-state index in [0.717, 1.165) is 25.7 Å². The number of hydrogen-bond donors (Lipinski definition) is 3. The molecule has 0 radical (unpaired) electrons. The molecule has 2 fully saturated rings. The quantitative estimate of drug-likeness (QED) is 0.532. The second-order valence-corrected chi connectivity index (χ2v) is 4.67. The van der Waals surface area contributed by atoms with Gasteiger partial charge in [-0.25, -0.2) is 0 Å². The van der Waals surface area contributed by atoms with Gasteiger partial charge in [0.2, 0.25) is 5.91 Å². The van der Waals surface area contributed by atoms with Crippen molar-refractivity contribution in [2.45, 2.75) is 31.7 Å². The Morgan fingerprint density at radius 2 is 1.88 bits per heavy atom. The normalized spacial score (nSPS) is 21.5. The lowest BCUT2D eigenvalue weighted by atomic mass is 10.2. The van der Waals surface area contributed by atoms with E-state index in [-0.39, 0.29) is 17.7 Å². The highest BCUT2D eigenvalue weighted by atomic mass is 16.4. The van der Waals surface area contributed by atoms with Crippen LogP contribution in [0, 0.1) is 11.8 Å². The zero-order chi connectivity index (χ0) is 11.5. The van der Waals surface area contributed by atoms with Gasteiger partial charge in [-0.1, -0.05) is 0 Å². The maximum Gasteiger partial charge on any atom is 0.320 e. The number of nitrogens with one attached hydrogen (secondary N) is 2. The van der Waals surface area contributed by atoms with E-state index in [2.05, 4.69) is 10.6 Å². The third-order valence-electron chi connectivity index (χ3n) is 3.10. The highest BCUT2D eigenvalue weighted by molar-refractivity contribution is 5.80. The number of rotatable bonds is 7. The molecule has 5 heteroatoms. The molecule has 1 atom stereocenters. The van der Waals surface area contributed by atoms with Crippen LogP contribution in [0.15, 0.2) is 0 Å². The van der Waals surface area contributed by atoms with Crippen molar-refractivity contribution in [3.63, 3.8) is 0 Å². The molecule has 1 amide bonds. The van der Waals surface area contributed by atoms with Crippen LogP contribution in [0.5, 0.6) is 0 Å². The summed E-state index contributed by atoms with van der Waals surface area (Å²) in [6.45, 7) is 1.05. The molecule has 2 aliphatic carbocycles. The second-order valence-electron chi connectivity index (χ2n) is 4.67. The van der Waals surface area contributed by atoms with Crippen molar-refractivity contribution < 1.29 is 14.7 Å². The molecule has 90 valence electrons. The highest BCUT2D eigenvalue weighted by Gasteiger charge is 2.35. The first-order valence-electron chi connectivity index (χ1n) is 5.92. The minimum Gasteiger partial charge on any atom is -0.480 e. The number of carbonyl (C=O) groups is 2. The third-order valence-corrected chi connectivity index (χ3v) is 3.10. The molecular weight excluding hydrogens is 208 g/mol. The van der Waals surface area contributed by atoms with E-state index in [9.17, 15) is 9.59 Å². The molecule has 0 aromatic rings. The Labute approximate surface area is 94.6 Å². The number of carbonyl (C=O) groups excluding carboxylic acids is 1.